The molecule has 1 atom stereocenters. The molecule has 16 heavy (non-hydrogen) atoms. The smallest absolute Gasteiger partial charge is 0.162 e. The number of allylic oxidation sites excluding steroid dienone is 1. The van der Waals surface area contributed by atoms with Crippen LogP contribution in [0.3, 0.4) is 0 Å². The second-order valence-corrected chi connectivity index (χ2v) is 4.13. The molecule has 0 spiro atoms. The van der Waals surface area contributed by atoms with Gasteiger partial charge in [0.1, 0.15) is 5.75 Å². The van der Waals surface area contributed by atoms with Crippen molar-refractivity contribution in [3.05, 3.63) is 40.6 Å². The summed E-state index contributed by atoms with van der Waals surface area (Å²) in [5, 5.41) is 0.678. The molecular formula is C12H16ClNO2. The highest BCUT2D eigenvalue weighted by molar-refractivity contribution is 6.30. The van der Waals surface area contributed by atoms with E-state index in [0.29, 0.717) is 10.8 Å². The molecule has 0 radical (unpaired) electrons. The third-order valence-electron chi connectivity index (χ3n) is 2.12. The van der Waals surface area contributed by atoms with Crippen molar-refractivity contribution in [3.8, 4) is 5.75 Å². The molecule has 0 fully saturated rings. The van der Waals surface area contributed by atoms with Crippen LogP contribution in [-0.2, 0) is 4.84 Å². The van der Waals surface area contributed by atoms with E-state index >= 15 is 0 Å². The highest BCUT2D eigenvalue weighted by Gasteiger charge is 2.13. The molecule has 0 saturated carbocycles. The number of hydrogen-bond donors (Lipinski definition) is 1. The summed E-state index contributed by atoms with van der Waals surface area (Å²) in [5.41, 5.74) is 0.990. The Morgan fingerprint density at radius 3 is 2.25 bits per heavy atom. The van der Waals surface area contributed by atoms with E-state index in [1.165, 1.54) is 0 Å². The van der Waals surface area contributed by atoms with E-state index in [4.69, 9.17) is 27.1 Å². The van der Waals surface area contributed by atoms with Gasteiger partial charge in [0.25, 0.3) is 0 Å². The molecular weight excluding hydrogens is 226 g/mol. The van der Waals surface area contributed by atoms with Crippen molar-refractivity contribution >= 4 is 11.6 Å². The van der Waals surface area contributed by atoms with E-state index in [-0.39, 0.29) is 6.10 Å². The minimum atomic E-state index is -0.226. The van der Waals surface area contributed by atoms with Crippen LogP contribution in [0.1, 0.15) is 20.8 Å². The molecule has 3 nitrogen and oxygen atoms in total. The Kier molecular flexibility index (Phi) is 4.65. The van der Waals surface area contributed by atoms with Gasteiger partial charge in [-0.25, -0.2) is 0 Å². The maximum atomic E-state index is 5.78. The SMILES string of the molecule is CC(C)=C(ON)C(C)Oc1ccc(Cl)cc1. The first-order chi connectivity index (χ1) is 7.54. The maximum Gasteiger partial charge on any atom is 0.162 e. The van der Waals surface area contributed by atoms with Crippen molar-refractivity contribution in [1.29, 1.82) is 0 Å². The summed E-state index contributed by atoms with van der Waals surface area (Å²) in [5.74, 6) is 6.56. The van der Waals surface area contributed by atoms with Gasteiger partial charge in [0.05, 0.1) is 0 Å². The van der Waals surface area contributed by atoms with Crippen molar-refractivity contribution in [2.45, 2.75) is 26.9 Å². The summed E-state index contributed by atoms with van der Waals surface area (Å²) >= 11 is 5.78. The Balaban J connectivity index is 2.74. The molecule has 1 aromatic rings. The molecule has 4 heteroatoms. The molecule has 0 aromatic heterocycles. The predicted octanol–water partition coefficient (Wildman–Crippen LogP) is 3.29. The van der Waals surface area contributed by atoms with E-state index in [1.807, 2.05) is 20.8 Å². The number of rotatable bonds is 4. The molecule has 1 aromatic carbocycles. The Morgan fingerprint density at radius 1 is 1.25 bits per heavy atom. The van der Waals surface area contributed by atoms with Crippen molar-refractivity contribution in [2.75, 3.05) is 0 Å². The number of ether oxygens (including phenoxy) is 1. The molecule has 0 aliphatic heterocycles. The fourth-order valence-electron chi connectivity index (χ4n) is 1.39. The van der Waals surface area contributed by atoms with Crippen LogP contribution in [0.2, 0.25) is 5.02 Å². The van der Waals surface area contributed by atoms with E-state index < -0.39 is 0 Å². The van der Waals surface area contributed by atoms with Crippen LogP contribution in [0.25, 0.3) is 0 Å². The monoisotopic (exact) mass is 241 g/mol. The average molecular weight is 242 g/mol. The standard InChI is InChI=1S/C12H16ClNO2/c1-8(2)12(16-14)9(3)15-11-6-4-10(13)5-7-11/h4-7,9H,14H2,1-3H3. The zero-order valence-electron chi connectivity index (χ0n) is 9.66. The summed E-state index contributed by atoms with van der Waals surface area (Å²) < 4.78 is 5.66. The summed E-state index contributed by atoms with van der Waals surface area (Å²) in [6, 6.07) is 7.15. The highest BCUT2D eigenvalue weighted by Crippen LogP contribution is 2.20. The predicted molar refractivity (Wildman–Crippen MR) is 65.2 cm³/mol. The molecule has 0 amide bonds. The lowest BCUT2D eigenvalue weighted by Crippen LogP contribution is -2.20. The third kappa shape index (κ3) is 3.43. The Hall–Kier alpha value is -1.19. The average Bonchev–Trinajstić information content (AvgIpc) is 2.22. The van der Waals surface area contributed by atoms with Crippen LogP contribution in [0.4, 0.5) is 0 Å². The van der Waals surface area contributed by atoms with Gasteiger partial charge in [0.2, 0.25) is 0 Å². The molecule has 0 heterocycles. The van der Waals surface area contributed by atoms with Crippen LogP contribution in [0, 0.1) is 0 Å². The van der Waals surface area contributed by atoms with Crippen LogP contribution in [0.5, 0.6) is 5.75 Å². The van der Waals surface area contributed by atoms with E-state index in [9.17, 15) is 0 Å². The molecule has 2 N–H and O–H groups in total. The van der Waals surface area contributed by atoms with Crippen LogP contribution < -0.4 is 10.6 Å². The van der Waals surface area contributed by atoms with Gasteiger partial charge in [-0.2, -0.15) is 5.90 Å². The van der Waals surface area contributed by atoms with Gasteiger partial charge in [-0.1, -0.05) is 11.6 Å². The first-order valence-corrected chi connectivity index (χ1v) is 5.38. The lowest BCUT2D eigenvalue weighted by atomic mass is 10.2. The summed E-state index contributed by atoms with van der Waals surface area (Å²) in [4.78, 5) is 4.80. The first-order valence-electron chi connectivity index (χ1n) is 5.01. The van der Waals surface area contributed by atoms with Gasteiger partial charge in [-0.15, -0.1) is 0 Å². The summed E-state index contributed by atoms with van der Waals surface area (Å²) in [6.07, 6.45) is -0.226. The molecule has 1 unspecified atom stereocenters. The van der Waals surface area contributed by atoms with Crippen molar-refractivity contribution < 1.29 is 9.57 Å². The molecule has 0 aliphatic rings. The van der Waals surface area contributed by atoms with Crippen molar-refractivity contribution in [2.24, 2.45) is 5.90 Å². The molecule has 0 aliphatic carbocycles. The molecule has 0 saturated heterocycles. The van der Waals surface area contributed by atoms with Crippen LogP contribution in [-0.4, -0.2) is 6.10 Å². The fourth-order valence-corrected chi connectivity index (χ4v) is 1.52. The minimum absolute atomic E-state index is 0.226. The van der Waals surface area contributed by atoms with Crippen LogP contribution in [0.15, 0.2) is 35.6 Å². The first kappa shape index (κ1) is 12.9. The third-order valence-corrected chi connectivity index (χ3v) is 2.37. The summed E-state index contributed by atoms with van der Waals surface area (Å²) in [6.45, 7) is 5.72. The van der Waals surface area contributed by atoms with Gasteiger partial charge in [-0.3, -0.25) is 0 Å². The zero-order valence-corrected chi connectivity index (χ0v) is 10.4. The van der Waals surface area contributed by atoms with Crippen molar-refractivity contribution in [1.82, 2.24) is 0 Å². The lowest BCUT2D eigenvalue weighted by Gasteiger charge is -2.17. The van der Waals surface area contributed by atoms with Crippen LogP contribution >= 0.6 is 11.6 Å². The maximum absolute atomic E-state index is 5.78. The van der Waals surface area contributed by atoms with Gasteiger partial charge >= 0.3 is 0 Å². The van der Waals surface area contributed by atoms with Gasteiger partial charge < -0.3 is 9.57 Å². The normalized spacial score (nSPS) is 11.8. The highest BCUT2D eigenvalue weighted by atomic mass is 35.5. The van der Waals surface area contributed by atoms with E-state index in [1.54, 1.807) is 24.3 Å². The second-order valence-electron chi connectivity index (χ2n) is 3.70. The number of halogens is 1. The van der Waals surface area contributed by atoms with Gasteiger partial charge in [-0.05, 0) is 50.6 Å². The largest absolute Gasteiger partial charge is 0.483 e. The number of benzene rings is 1. The second kappa shape index (κ2) is 5.77. The molecule has 0 bridgehead atoms. The quantitative estimate of drug-likeness (QED) is 0.650. The van der Waals surface area contributed by atoms with Gasteiger partial charge in [0, 0.05) is 5.02 Å². The zero-order chi connectivity index (χ0) is 12.1. The van der Waals surface area contributed by atoms with Gasteiger partial charge in [0.15, 0.2) is 11.9 Å². The molecule has 1 rings (SSSR count). The van der Waals surface area contributed by atoms with E-state index in [0.717, 1.165) is 11.3 Å². The van der Waals surface area contributed by atoms with Crippen molar-refractivity contribution in [3.63, 3.8) is 0 Å². The molecule has 88 valence electrons. The fraction of sp³-hybridized carbons (Fsp3) is 0.333. The number of hydrogen-bond acceptors (Lipinski definition) is 3. The number of nitrogens with two attached hydrogens (primary N) is 1. The minimum Gasteiger partial charge on any atom is -0.483 e. The summed E-state index contributed by atoms with van der Waals surface area (Å²) in [7, 11) is 0. The Morgan fingerprint density at radius 2 is 1.81 bits per heavy atom. The Labute approximate surface area is 101 Å². The Bertz CT molecular complexity index is 369. The topological polar surface area (TPSA) is 44.5 Å². The van der Waals surface area contributed by atoms with E-state index in [2.05, 4.69) is 0 Å². The lowest BCUT2D eigenvalue weighted by molar-refractivity contribution is 0.125.